The summed E-state index contributed by atoms with van der Waals surface area (Å²) in [6, 6.07) is 11.2. The van der Waals surface area contributed by atoms with Gasteiger partial charge in [-0.2, -0.15) is 0 Å². The SMILES string of the molecule is CCOC(=O)CN1C(=O)S/C(=C/c2cc(Cl)c(OCc3cccc(C)c3)c(OC)c2)C1=O. The summed E-state index contributed by atoms with van der Waals surface area (Å²) in [4.78, 5) is 37.4. The molecule has 0 unspecified atom stereocenters. The van der Waals surface area contributed by atoms with E-state index in [0.717, 1.165) is 27.8 Å². The Balaban J connectivity index is 1.79. The van der Waals surface area contributed by atoms with Crippen LogP contribution in [0.1, 0.15) is 23.6 Å². The van der Waals surface area contributed by atoms with Crippen LogP contribution < -0.4 is 9.47 Å². The first-order chi connectivity index (χ1) is 15.3. The monoisotopic (exact) mass is 475 g/mol. The lowest BCUT2D eigenvalue weighted by atomic mass is 10.1. The van der Waals surface area contributed by atoms with Crippen LogP contribution in [0.5, 0.6) is 11.5 Å². The third-order valence-corrected chi connectivity index (χ3v) is 5.67. The number of carbonyl (C=O) groups excluding carboxylic acids is 3. The molecule has 1 aliphatic heterocycles. The van der Waals surface area contributed by atoms with Gasteiger partial charge in [-0.1, -0.05) is 41.4 Å². The van der Waals surface area contributed by atoms with Crippen molar-refractivity contribution in [1.29, 1.82) is 0 Å². The maximum absolute atomic E-state index is 12.6. The number of ether oxygens (including phenoxy) is 3. The summed E-state index contributed by atoms with van der Waals surface area (Å²) in [7, 11) is 1.49. The molecular weight excluding hydrogens is 454 g/mol. The van der Waals surface area contributed by atoms with Crippen LogP contribution in [-0.2, 0) is 20.9 Å². The second-order valence-electron chi connectivity index (χ2n) is 6.88. The highest BCUT2D eigenvalue weighted by Gasteiger charge is 2.36. The molecule has 1 heterocycles. The molecule has 168 valence electrons. The van der Waals surface area contributed by atoms with Gasteiger partial charge in [-0.05, 0) is 54.9 Å². The van der Waals surface area contributed by atoms with Crippen LogP contribution in [0.4, 0.5) is 4.79 Å². The van der Waals surface area contributed by atoms with E-state index < -0.39 is 23.7 Å². The van der Waals surface area contributed by atoms with E-state index in [9.17, 15) is 14.4 Å². The van der Waals surface area contributed by atoms with Crippen molar-refractivity contribution in [3.8, 4) is 11.5 Å². The molecule has 3 rings (SSSR count). The van der Waals surface area contributed by atoms with Gasteiger partial charge in [-0.3, -0.25) is 19.3 Å². The van der Waals surface area contributed by atoms with E-state index in [1.165, 1.54) is 13.2 Å². The van der Waals surface area contributed by atoms with Gasteiger partial charge in [0.05, 0.1) is 23.6 Å². The summed E-state index contributed by atoms with van der Waals surface area (Å²) in [6.45, 7) is 3.70. The first-order valence-corrected chi connectivity index (χ1v) is 11.0. The second kappa shape index (κ2) is 10.6. The van der Waals surface area contributed by atoms with Gasteiger partial charge in [-0.25, -0.2) is 0 Å². The first-order valence-electron chi connectivity index (χ1n) is 9.79. The number of hydrogen-bond donors (Lipinski definition) is 0. The molecule has 32 heavy (non-hydrogen) atoms. The highest BCUT2D eigenvalue weighted by atomic mass is 35.5. The number of aryl methyl sites for hydroxylation is 1. The van der Waals surface area contributed by atoms with Gasteiger partial charge in [0.2, 0.25) is 0 Å². The summed E-state index contributed by atoms with van der Waals surface area (Å²) in [6.07, 6.45) is 1.52. The summed E-state index contributed by atoms with van der Waals surface area (Å²) in [5, 5.41) is -0.237. The highest BCUT2D eigenvalue weighted by Crippen LogP contribution is 2.39. The predicted octanol–water partition coefficient (Wildman–Crippen LogP) is 4.84. The van der Waals surface area contributed by atoms with E-state index in [-0.39, 0.29) is 11.5 Å². The predicted molar refractivity (Wildman–Crippen MR) is 123 cm³/mol. The molecule has 0 N–H and O–H groups in total. The molecule has 0 atom stereocenters. The Morgan fingerprint density at radius 3 is 2.69 bits per heavy atom. The third kappa shape index (κ3) is 5.63. The molecule has 1 aliphatic rings. The Morgan fingerprint density at radius 1 is 1.22 bits per heavy atom. The summed E-state index contributed by atoms with van der Waals surface area (Å²) in [5.74, 6) is -0.441. The van der Waals surface area contributed by atoms with Gasteiger partial charge in [0.1, 0.15) is 13.2 Å². The topological polar surface area (TPSA) is 82.1 Å². The Hall–Kier alpha value is -2.97. The molecule has 0 spiro atoms. The number of benzene rings is 2. The van der Waals surface area contributed by atoms with Crippen LogP contribution in [0.15, 0.2) is 41.3 Å². The fourth-order valence-corrected chi connectivity index (χ4v) is 4.16. The quantitative estimate of drug-likeness (QED) is 0.399. The Morgan fingerprint density at radius 2 is 2.00 bits per heavy atom. The van der Waals surface area contributed by atoms with E-state index in [1.807, 2.05) is 31.2 Å². The van der Waals surface area contributed by atoms with Crippen molar-refractivity contribution < 1.29 is 28.6 Å². The molecule has 2 aromatic carbocycles. The van der Waals surface area contributed by atoms with E-state index in [2.05, 4.69) is 0 Å². The number of halogens is 1. The van der Waals surface area contributed by atoms with Crippen LogP contribution in [0.3, 0.4) is 0 Å². The normalized spacial score (nSPS) is 14.8. The van der Waals surface area contributed by atoms with Crippen molar-refractivity contribution in [3.05, 3.63) is 63.0 Å². The fourth-order valence-electron chi connectivity index (χ4n) is 3.04. The zero-order valence-corrected chi connectivity index (χ0v) is 19.4. The molecule has 0 radical (unpaired) electrons. The summed E-state index contributed by atoms with van der Waals surface area (Å²) < 4.78 is 16.1. The van der Waals surface area contributed by atoms with E-state index in [0.29, 0.717) is 28.7 Å². The van der Waals surface area contributed by atoms with Crippen LogP contribution in [0.2, 0.25) is 5.02 Å². The van der Waals surface area contributed by atoms with Gasteiger partial charge in [0.15, 0.2) is 11.5 Å². The number of esters is 1. The molecule has 0 saturated carbocycles. The van der Waals surface area contributed by atoms with Crippen LogP contribution in [-0.4, -0.2) is 42.3 Å². The molecule has 7 nitrogen and oxygen atoms in total. The summed E-state index contributed by atoms with van der Waals surface area (Å²) in [5.41, 5.74) is 2.66. The van der Waals surface area contributed by atoms with Crippen LogP contribution in [0, 0.1) is 6.92 Å². The van der Waals surface area contributed by atoms with Crippen molar-refractivity contribution in [1.82, 2.24) is 4.90 Å². The molecule has 0 aromatic heterocycles. The van der Waals surface area contributed by atoms with E-state index in [4.69, 9.17) is 25.8 Å². The minimum Gasteiger partial charge on any atom is -0.493 e. The largest absolute Gasteiger partial charge is 0.493 e. The zero-order chi connectivity index (χ0) is 23.3. The minimum atomic E-state index is -0.643. The molecule has 1 saturated heterocycles. The molecule has 0 bridgehead atoms. The Kier molecular flexibility index (Phi) is 7.82. The number of nitrogens with zero attached hydrogens (tertiary/aromatic N) is 1. The number of amides is 2. The first kappa shape index (κ1) is 23.7. The maximum atomic E-state index is 12.6. The number of hydrogen-bond acceptors (Lipinski definition) is 7. The molecular formula is C23H22ClNO6S. The van der Waals surface area contributed by atoms with Gasteiger partial charge in [-0.15, -0.1) is 0 Å². The van der Waals surface area contributed by atoms with E-state index in [1.54, 1.807) is 19.1 Å². The number of methoxy groups -OCH3 is 1. The smallest absolute Gasteiger partial charge is 0.326 e. The summed E-state index contributed by atoms with van der Waals surface area (Å²) >= 11 is 7.17. The van der Waals surface area contributed by atoms with Crippen LogP contribution in [0.25, 0.3) is 6.08 Å². The molecule has 0 aliphatic carbocycles. The van der Waals surface area contributed by atoms with Gasteiger partial charge < -0.3 is 14.2 Å². The van der Waals surface area contributed by atoms with Crippen molar-refractivity contribution >= 4 is 46.6 Å². The van der Waals surface area contributed by atoms with Gasteiger partial charge in [0, 0.05) is 0 Å². The molecule has 1 fully saturated rings. The lowest BCUT2D eigenvalue weighted by Crippen LogP contribution is -2.34. The molecule has 2 amide bonds. The van der Waals surface area contributed by atoms with Crippen molar-refractivity contribution in [2.75, 3.05) is 20.3 Å². The standard InChI is InChI=1S/C23H22ClNO6S/c1-4-30-20(26)12-25-22(27)19(32-23(25)28)11-16-9-17(24)21(18(10-16)29-3)31-13-15-7-5-6-14(2)8-15/h5-11H,4,12-13H2,1-3H3/b19-11+. The lowest BCUT2D eigenvalue weighted by molar-refractivity contribution is -0.145. The van der Waals surface area contributed by atoms with Gasteiger partial charge in [0.25, 0.3) is 11.1 Å². The fraction of sp³-hybridized carbons (Fsp3) is 0.261. The Labute approximate surface area is 195 Å². The number of rotatable bonds is 8. The minimum absolute atomic E-state index is 0.168. The number of imide groups is 1. The van der Waals surface area contributed by atoms with Crippen molar-refractivity contribution in [3.63, 3.8) is 0 Å². The average molecular weight is 476 g/mol. The van der Waals surface area contributed by atoms with Crippen molar-refractivity contribution in [2.45, 2.75) is 20.5 Å². The highest BCUT2D eigenvalue weighted by molar-refractivity contribution is 8.18. The maximum Gasteiger partial charge on any atom is 0.326 e. The van der Waals surface area contributed by atoms with Crippen LogP contribution >= 0.6 is 23.4 Å². The average Bonchev–Trinajstić information content (AvgIpc) is 3.00. The lowest BCUT2D eigenvalue weighted by Gasteiger charge is -2.14. The number of thioether (sulfide) groups is 1. The van der Waals surface area contributed by atoms with E-state index >= 15 is 0 Å². The van der Waals surface area contributed by atoms with Gasteiger partial charge >= 0.3 is 5.97 Å². The van der Waals surface area contributed by atoms with Crippen molar-refractivity contribution in [2.24, 2.45) is 0 Å². The molecule has 2 aromatic rings. The second-order valence-corrected chi connectivity index (χ2v) is 8.29. The third-order valence-electron chi connectivity index (χ3n) is 4.48. The molecule has 9 heteroatoms. The Bertz CT molecular complexity index is 1080. The zero-order valence-electron chi connectivity index (χ0n) is 17.8. The number of carbonyl (C=O) groups is 3.